The highest BCUT2D eigenvalue weighted by Gasteiger charge is 2.26. The first kappa shape index (κ1) is 20.2. The predicted molar refractivity (Wildman–Crippen MR) is 112 cm³/mol. The highest BCUT2D eigenvalue weighted by molar-refractivity contribution is 6.77. The zero-order chi connectivity index (χ0) is 18.1. The summed E-state index contributed by atoms with van der Waals surface area (Å²) in [5.41, 5.74) is 2.23. The lowest BCUT2D eigenvalue weighted by atomic mass is 9.78. The van der Waals surface area contributed by atoms with E-state index in [4.69, 9.17) is 5.26 Å². The van der Waals surface area contributed by atoms with Crippen molar-refractivity contribution in [3.63, 3.8) is 0 Å². The second-order valence-electron chi connectivity index (χ2n) is 8.97. The third-order valence-corrected chi connectivity index (χ3v) is 9.64. The van der Waals surface area contributed by atoms with Crippen LogP contribution in [0.3, 0.4) is 0 Å². The molecule has 1 saturated carbocycles. The van der Waals surface area contributed by atoms with Gasteiger partial charge in [-0.3, -0.25) is 0 Å². The van der Waals surface area contributed by atoms with Crippen LogP contribution in [0.15, 0.2) is 24.3 Å². The van der Waals surface area contributed by atoms with E-state index in [-0.39, 0.29) is 0 Å². The van der Waals surface area contributed by atoms with Gasteiger partial charge in [-0.05, 0) is 55.2 Å². The molecule has 138 valence electrons. The Kier molecular flexibility index (Phi) is 8.23. The standard InChI is InChI=1S/C23H37NSi/c1-4-5-6-7-17-25(2,3)18-16-20-8-12-22(13-9-20)23-14-10-21(19-24)11-15-23/h10-11,14-15,20,22H,4-9,12-13,16-18H2,1-3H3/t20-,22-. The molecular weight excluding hydrogens is 318 g/mol. The summed E-state index contributed by atoms with van der Waals surface area (Å²) in [6.07, 6.45) is 12.7. The fourth-order valence-corrected chi connectivity index (χ4v) is 7.01. The topological polar surface area (TPSA) is 23.8 Å². The fourth-order valence-electron chi connectivity index (χ4n) is 4.36. The van der Waals surface area contributed by atoms with Crippen LogP contribution >= 0.6 is 0 Å². The lowest BCUT2D eigenvalue weighted by Crippen LogP contribution is -2.26. The Hall–Kier alpha value is -1.07. The zero-order valence-corrected chi connectivity index (χ0v) is 17.7. The van der Waals surface area contributed by atoms with Crippen molar-refractivity contribution in [1.29, 1.82) is 5.26 Å². The summed E-state index contributed by atoms with van der Waals surface area (Å²) in [5.74, 6) is 1.69. The third kappa shape index (κ3) is 6.98. The van der Waals surface area contributed by atoms with Gasteiger partial charge in [0.1, 0.15) is 0 Å². The summed E-state index contributed by atoms with van der Waals surface area (Å²) in [7, 11) is -0.959. The number of unbranched alkanes of at least 4 members (excludes halogenated alkanes) is 3. The first-order chi connectivity index (χ1) is 12.0. The van der Waals surface area contributed by atoms with E-state index < -0.39 is 8.07 Å². The minimum atomic E-state index is -0.959. The van der Waals surface area contributed by atoms with Gasteiger partial charge in [-0.2, -0.15) is 5.26 Å². The number of rotatable bonds is 9. The Morgan fingerprint density at radius 3 is 2.24 bits per heavy atom. The van der Waals surface area contributed by atoms with Gasteiger partial charge in [0.15, 0.2) is 0 Å². The Bertz CT molecular complexity index is 532. The molecule has 1 fully saturated rings. The van der Waals surface area contributed by atoms with E-state index in [1.165, 1.54) is 75.4 Å². The summed E-state index contributed by atoms with van der Waals surface area (Å²) in [4.78, 5) is 0. The van der Waals surface area contributed by atoms with Gasteiger partial charge >= 0.3 is 0 Å². The molecule has 2 rings (SSSR count). The average molecular weight is 356 g/mol. The van der Waals surface area contributed by atoms with Crippen LogP contribution in [0, 0.1) is 17.2 Å². The van der Waals surface area contributed by atoms with Crippen LogP contribution in [0.1, 0.15) is 81.8 Å². The molecule has 1 aromatic carbocycles. The van der Waals surface area contributed by atoms with Crippen molar-refractivity contribution in [3.8, 4) is 6.07 Å². The summed E-state index contributed by atoms with van der Waals surface area (Å²) in [6.45, 7) is 7.53. The molecule has 0 radical (unpaired) electrons. The molecule has 0 saturated heterocycles. The van der Waals surface area contributed by atoms with E-state index in [2.05, 4.69) is 38.2 Å². The van der Waals surface area contributed by atoms with Crippen molar-refractivity contribution >= 4 is 8.07 Å². The normalized spacial score (nSPS) is 21.0. The minimum absolute atomic E-state index is 0.725. The van der Waals surface area contributed by atoms with E-state index in [1.54, 1.807) is 0 Å². The molecule has 0 bridgehead atoms. The van der Waals surface area contributed by atoms with Crippen molar-refractivity contribution in [2.24, 2.45) is 5.92 Å². The lowest BCUT2D eigenvalue weighted by Gasteiger charge is -2.31. The molecule has 0 unspecified atom stereocenters. The Labute approximate surface area is 156 Å². The van der Waals surface area contributed by atoms with Crippen LogP contribution in [0.5, 0.6) is 0 Å². The Morgan fingerprint density at radius 2 is 1.64 bits per heavy atom. The number of benzene rings is 1. The monoisotopic (exact) mass is 355 g/mol. The highest BCUT2D eigenvalue weighted by atomic mass is 28.3. The third-order valence-electron chi connectivity index (χ3n) is 6.29. The predicted octanol–water partition coefficient (Wildman–Crippen LogP) is 7.51. The minimum Gasteiger partial charge on any atom is -0.192 e. The smallest absolute Gasteiger partial charge is 0.0991 e. The summed E-state index contributed by atoms with van der Waals surface area (Å²) in [6, 6.07) is 13.6. The molecule has 1 aromatic rings. The van der Waals surface area contributed by atoms with E-state index >= 15 is 0 Å². The molecule has 1 aliphatic rings. The molecular formula is C23H37NSi. The van der Waals surface area contributed by atoms with Crippen LogP contribution in [0.2, 0.25) is 25.2 Å². The maximum Gasteiger partial charge on any atom is 0.0991 e. The molecule has 0 aliphatic heterocycles. The summed E-state index contributed by atoms with van der Waals surface area (Å²) in [5, 5.41) is 8.93. The lowest BCUT2D eigenvalue weighted by molar-refractivity contribution is 0.318. The largest absolute Gasteiger partial charge is 0.192 e. The van der Waals surface area contributed by atoms with E-state index in [0.717, 1.165) is 17.4 Å². The van der Waals surface area contributed by atoms with Gasteiger partial charge in [0.25, 0.3) is 0 Å². The van der Waals surface area contributed by atoms with Gasteiger partial charge in [-0.15, -0.1) is 0 Å². The van der Waals surface area contributed by atoms with Crippen molar-refractivity contribution in [1.82, 2.24) is 0 Å². The summed E-state index contributed by atoms with van der Waals surface area (Å²) < 4.78 is 0. The van der Waals surface area contributed by atoms with E-state index in [0.29, 0.717) is 0 Å². The van der Waals surface area contributed by atoms with E-state index in [9.17, 15) is 0 Å². The van der Waals surface area contributed by atoms with Gasteiger partial charge < -0.3 is 0 Å². The van der Waals surface area contributed by atoms with Crippen molar-refractivity contribution in [3.05, 3.63) is 35.4 Å². The average Bonchev–Trinajstić information content (AvgIpc) is 2.64. The fraction of sp³-hybridized carbons (Fsp3) is 0.696. The quantitative estimate of drug-likeness (QED) is 0.332. The number of nitriles is 1. The van der Waals surface area contributed by atoms with E-state index in [1.807, 2.05) is 12.1 Å². The van der Waals surface area contributed by atoms with Gasteiger partial charge in [-0.25, -0.2) is 0 Å². The SMILES string of the molecule is CCCCCC[Si](C)(C)CC[C@H]1CC[C@H](c2ccc(C#N)cc2)CC1. The molecule has 0 amide bonds. The van der Waals surface area contributed by atoms with Gasteiger partial charge in [0.2, 0.25) is 0 Å². The molecule has 2 heteroatoms. The second kappa shape index (κ2) is 10.2. The maximum absolute atomic E-state index is 8.93. The number of hydrogen-bond acceptors (Lipinski definition) is 1. The van der Waals surface area contributed by atoms with Crippen LogP contribution in [0.4, 0.5) is 0 Å². The number of nitrogens with zero attached hydrogens (tertiary/aromatic N) is 1. The van der Waals surface area contributed by atoms with Gasteiger partial charge in [-0.1, -0.05) is 76.3 Å². The van der Waals surface area contributed by atoms with Crippen LogP contribution in [0.25, 0.3) is 0 Å². The molecule has 0 heterocycles. The van der Waals surface area contributed by atoms with Gasteiger partial charge in [0, 0.05) is 8.07 Å². The molecule has 0 aromatic heterocycles. The Morgan fingerprint density at radius 1 is 0.960 bits per heavy atom. The first-order valence-corrected chi connectivity index (χ1v) is 14.0. The molecule has 0 atom stereocenters. The highest BCUT2D eigenvalue weighted by Crippen LogP contribution is 2.38. The first-order valence-electron chi connectivity index (χ1n) is 10.5. The van der Waals surface area contributed by atoms with Crippen molar-refractivity contribution in [2.45, 2.75) is 95.8 Å². The molecule has 1 nitrogen and oxygen atoms in total. The van der Waals surface area contributed by atoms with Crippen molar-refractivity contribution in [2.75, 3.05) is 0 Å². The molecule has 0 spiro atoms. The zero-order valence-electron chi connectivity index (χ0n) is 16.7. The number of hydrogen-bond donors (Lipinski definition) is 0. The molecule has 1 aliphatic carbocycles. The van der Waals surface area contributed by atoms with Crippen LogP contribution in [-0.2, 0) is 0 Å². The van der Waals surface area contributed by atoms with Crippen LogP contribution < -0.4 is 0 Å². The molecule has 25 heavy (non-hydrogen) atoms. The second-order valence-corrected chi connectivity index (χ2v) is 14.3. The summed E-state index contributed by atoms with van der Waals surface area (Å²) >= 11 is 0. The Balaban J connectivity index is 1.70. The molecule has 0 N–H and O–H groups in total. The van der Waals surface area contributed by atoms with Crippen LogP contribution in [-0.4, -0.2) is 8.07 Å². The van der Waals surface area contributed by atoms with Gasteiger partial charge in [0.05, 0.1) is 11.6 Å². The van der Waals surface area contributed by atoms with Crippen molar-refractivity contribution < 1.29 is 0 Å². The maximum atomic E-state index is 8.93.